The number of hydrogen-bond acceptors (Lipinski definition) is 3. The quantitative estimate of drug-likeness (QED) is 0.777. The van der Waals surface area contributed by atoms with Crippen molar-refractivity contribution >= 4 is 12.6 Å². The van der Waals surface area contributed by atoms with E-state index in [2.05, 4.69) is 4.98 Å². The fourth-order valence-corrected chi connectivity index (χ4v) is 2.80. The lowest BCUT2D eigenvalue weighted by Crippen LogP contribution is -2.41. The summed E-state index contributed by atoms with van der Waals surface area (Å²) in [6, 6.07) is 3.14. The molecule has 2 fully saturated rings. The van der Waals surface area contributed by atoms with E-state index in [0.717, 1.165) is 19.3 Å². The van der Waals surface area contributed by atoms with Crippen molar-refractivity contribution in [3.8, 4) is 0 Å². The normalized spacial score (nSPS) is 23.9. The Morgan fingerprint density at radius 3 is 2.09 bits per heavy atom. The average molecular weight is 327 g/mol. The van der Waals surface area contributed by atoms with Gasteiger partial charge in [0.1, 0.15) is 5.69 Å². The predicted molar refractivity (Wildman–Crippen MR) is 81.5 cm³/mol. The molecule has 1 aromatic heterocycles. The van der Waals surface area contributed by atoms with Crippen LogP contribution in [0.3, 0.4) is 0 Å². The molecule has 0 amide bonds. The van der Waals surface area contributed by atoms with Gasteiger partial charge in [-0.05, 0) is 46.6 Å². The number of halogens is 3. The van der Waals surface area contributed by atoms with Crippen molar-refractivity contribution in [2.75, 3.05) is 0 Å². The van der Waals surface area contributed by atoms with E-state index in [1.165, 1.54) is 6.07 Å². The van der Waals surface area contributed by atoms with Crippen LogP contribution >= 0.6 is 0 Å². The zero-order valence-electron chi connectivity index (χ0n) is 13.8. The molecule has 3 nitrogen and oxygen atoms in total. The van der Waals surface area contributed by atoms with E-state index in [9.17, 15) is 13.2 Å². The van der Waals surface area contributed by atoms with Crippen LogP contribution in [0.5, 0.6) is 0 Å². The first-order valence-corrected chi connectivity index (χ1v) is 7.95. The molecule has 3 rings (SSSR count). The van der Waals surface area contributed by atoms with Gasteiger partial charge in [0.15, 0.2) is 0 Å². The number of nitrogens with zero attached hydrogens (tertiary/aromatic N) is 1. The summed E-state index contributed by atoms with van der Waals surface area (Å²) in [5.41, 5.74) is -1.79. The van der Waals surface area contributed by atoms with Crippen LogP contribution in [0.2, 0.25) is 0 Å². The minimum Gasteiger partial charge on any atom is -0.399 e. The first-order valence-electron chi connectivity index (χ1n) is 7.95. The summed E-state index contributed by atoms with van der Waals surface area (Å²) < 4.78 is 52.0. The van der Waals surface area contributed by atoms with E-state index in [0.29, 0.717) is 5.69 Å². The van der Waals surface area contributed by atoms with Gasteiger partial charge in [-0.3, -0.25) is 0 Å². The number of pyridine rings is 1. The summed E-state index contributed by atoms with van der Waals surface area (Å²) >= 11 is 0. The number of hydrogen-bond donors (Lipinski definition) is 0. The van der Waals surface area contributed by atoms with Gasteiger partial charge in [0.25, 0.3) is 0 Å². The molecule has 1 aromatic rings. The third-order valence-electron chi connectivity index (χ3n) is 5.25. The molecule has 1 aliphatic carbocycles. The molecule has 0 bridgehead atoms. The molecular weight excluding hydrogens is 306 g/mol. The Hall–Kier alpha value is -1.08. The highest BCUT2D eigenvalue weighted by molar-refractivity contribution is 6.62. The smallest absolute Gasteiger partial charge is 0.399 e. The second-order valence-electron chi connectivity index (χ2n) is 7.39. The molecule has 0 aromatic carbocycles. The lowest BCUT2D eigenvalue weighted by molar-refractivity contribution is -0.140. The molecule has 1 saturated heterocycles. The van der Waals surface area contributed by atoms with Gasteiger partial charge in [-0.2, -0.15) is 13.2 Å². The summed E-state index contributed by atoms with van der Waals surface area (Å²) in [4.78, 5) is 3.92. The summed E-state index contributed by atoms with van der Waals surface area (Å²) in [6.45, 7) is 7.26. The largest absolute Gasteiger partial charge is 0.497 e. The third-order valence-corrected chi connectivity index (χ3v) is 5.25. The molecule has 2 heterocycles. The number of rotatable bonds is 2. The second-order valence-corrected chi connectivity index (χ2v) is 7.39. The van der Waals surface area contributed by atoms with Gasteiger partial charge >= 0.3 is 13.3 Å². The van der Waals surface area contributed by atoms with Gasteiger partial charge in [0, 0.05) is 17.1 Å². The Kier molecular flexibility index (Phi) is 3.80. The maximum atomic E-state index is 13.5. The average Bonchev–Trinajstić information content (AvgIpc) is 2.55. The van der Waals surface area contributed by atoms with Crippen molar-refractivity contribution in [2.45, 2.75) is 70.3 Å². The van der Waals surface area contributed by atoms with Crippen LogP contribution in [0, 0.1) is 0 Å². The molecule has 0 N–H and O–H groups in total. The van der Waals surface area contributed by atoms with Crippen molar-refractivity contribution in [1.82, 2.24) is 4.98 Å². The Labute approximate surface area is 134 Å². The van der Waals surface area contributed by atoms with Crippen molar-refractivity contribution in [3.63, 3.8) is 0 Å². The summed E-state index contributed by atoms with van der Waals surface area (Å²) in [6.07, 6.45) is -1.67. The molecule has 0 atom stereocenters. The van der Waals surface area contributed by atoms with E-state index in [1.54, 1.807) is 6.07 Å². The minimum absolute atomic E-state index is 0.0424. The lowest BCUT2D eigenvalue weighted by Gasteiger charge is -2.32. The SMILES string of the molecule is CC1(C)OB(c2ccc(C3CCC3)nc2C(F)(F)F)OC1(C)C. The lowest BCUT2D eigenvalue weighted by atomic mass is 9.76. The zero-order valence-corrected chi connectivity index (χ0v) is 13.8. The van der Waals surface area contributed by atoms with E-state index >= 15 is 0 Å². The van der Waals surface area contributed by atoms with E-state index in [1.807, 2.05) is 27.7 Å². The van der Waals surface area contributed by atoms with Crippen molar-refractivity contribution < 1.29 is 22.5 Å². The Bertz CT molecular complexity index is 596. The molecule has 1 aliphatic heterocycles. The second kappa shape index (κ2) is 5.21. The fraction of sp³-hybridized carbons (Fsp3) is 0.688. The van der Waals surface area contributed by atoms with Crippen LogP contribution in [0.25, 0.3) is 0 Å². The standard InChI is InChI=1S/C16H21BF3NO2/c1-14(2)15(3,4)23-17(22-14)11-8-9-12(10-6-5-7-10)21-13(11)16(18,19)20/h8-10H,5-7H2,1-4H3. The van der Waals surface area contributed by atoms with E-state index < -0.39 is 30.2 Å². The van der Waals surface area contributed by atoms with Crippen LogP contribution in [-0.2, 0) is 15.5 Å². The molecule has 0 radical (unpaired) electrons. The van der Waals surface area contributed by atoms with Crippen LogP contribution in [0.1, 0.15) is 64.3 Å². The van der Waals surface area contributed by atoms with Crippen LogP contribution < -0.4 is 5.46 Å². The van der Waals surface area contributed by atoms with Crippen molar-refractivity contribution in [3.05, 3.63) is 23.5 Å². The maximum absolute atomic E-state index is 13.5. The van der Waals surface area contributed by atoms with Gasteiger partial charge < -0.3 is 9.31 Å². The fourth-order valence-electron chi connectivity index (χ4n) is 2.80. The van der Waals surface area contributed by atoms with E-state index in [4.69, 9.17) is 9.31 Å². The first-order chi connectivity index (χ1) is 10.5. The molecule has 126 valence electrons. The molecule has 0 spiro atoms. The maximum Gasteiger partial charge on any atom is 0.497 e. The Morgan fingerprint density at radius 2 is 1.65 bits per heavy atom. The molecule has 1 saturated carbocycles. The molecule has 0 unspecified atom stereocenters. The molecule has 2 aliphatic rings. The third kappa shape index (κ3) is 2.89. The highest BCUT2D eigenvalue weighted by Gasteiger charge is 2.54. The van der Waals surface area contributed by atoms with Gasteiger partial charge in [-0.1, -0.05) is 12.5 Å². The van der Waals surface area contributed by atoms with Gasteiger partial charge in [0.2, 0.25) is 0 Å². The molecular formula is C16H21BF3NO2. The van der Waals surface area contributed by atoms with E-state index in [-0.39, 0.29) is 11.4 Å². The Balaban J connectivity index is 1.99. The first kappa shape index (κ1) is 16.8. The Morgan fingerprint density at radius 1 is 1.09 bits per heavy atom. The number of alkyl halides is 3. The molecule has 23 heavy (non-hydrogen) atoms. The van der Waals surface area contributed by atoms with Crippen molar-refractivity contribution in [2.24, 2.45) is 0 Å². The van der Waals surface area contributed by atoms with Gasteiger partial charge in [-0.25, -0.2) is 4.98 Å². The van der Waals surface area contributed by atoms with Crippen LogP contribution in [0.15, 0.2) is 12.1 Å². The van der Waals surface area contributed by atoms with Crippen LogP contribution in [0.4, 0.5) is 13.2 Å². The molecule has 7 heteroatoms. The monoisotopic (exact) mass is 327 g/mol. The summed E-state index contributed by atoms with van der Waals surface area (Å²) in [5, 5.41) is 0. The minimum atomic E-state index is -4.53. The zero-order chi connectivity index (χ0) is 17.0. The topological polar surface area (TPSA) is 31.4 Å². The predicted octanol–water partition coefficient (Wildman–Crippen LogP) is 3.67. The highest BCUT2D eigenvalue weighted by Crippen LogP contribution is 2.39. The number of aromatic nitrogens is 1. The van der Waals surface area contributed by atoms with Crippen LogP contribution in [-0.4, -0.2) is 23.3 Å². The van der Waals surface area contributed by atoms with Gasteiger partial charge in [0.05, 0.1) is 11.2 Å². The van der Waals surface area contributed by atoms with Crippen molar-refractivity contribution in [1.29, 1.82) is 0 Å². The van der Waals surface area contributed by atoms with Gasteiger partial charge in [-0.15, -0.1) is 0 Å². The summed E-state index contributed by atoms with van der Waals surface area (Å²) in [7, 11) is -1.06. The highest BCUT2D eigenvalue weighted by atomic mass is 19.4. The summed E-state index contributed by atoms with van der Waals surface area (Å²) in [5.74, 6) is 0.142.